The van der Waals surface area contributed by atoms with Crippen molar-refractivity contribution in [1.82, 2.24) is 30.3 Å². The van der Waals surface area contributed by atoms with Gasteiger partial charge in [0, 0.05) is 23.1 Å². The van der Waals surface area contributed by atoms with Crippen molar-refractivity contribution in [3.8, 4) is 11.6 Å². The number of hydrogen-bond acceptors (Lipinski definition) is 6. The van der Waals surface area contributed by atoms with Crippen molar-refractivity contribution in [3.63, 3.8) is 0 Å². The quantitative estimate of drug-likeness (QED) is 0.558. The van der Waals surface area contributed by atoms with Gasteiger partial charge in [-0.1, -0.05) is 34.1 Å². The summed E-state index contributed by atoms with van der Waals surface area (Å²) in [6.07, 6.45) is 10.5. The molecule has 0 saturated carbocycles. The molecule has 2 fully saturated rings. The van der Waals surface area contributed by atoms with Gasteiger partial charge in [0.25, 0.3) is 0 Å². The molecule has 2 unspecified atom stereocenters. The summed E-state index contributed by atoms with van der Waals surface area (Å²) < 4.78 is 8.64. The Morgan fingerprint density at radius 2 is 2.09 bits per heavy atom. The molecule has 0 spiro atoms. The molecule has 0 aliphatic carbocycles. The number of nitrogens with one attached hydrogen (secondary N) is 2. The van der Waals surface area contributed by atoms with Crippen molar-refractivity contribution in [3.05, 3.63) is 76.4 Å². The van der Waals surface area contributed by atoms with Gasteiger partial charge in [0.15, 0.2) is 0 Å². The van der Waals surface area contributed by atoms with E-state index in [9.17, 15) is 0 Å². The summed E-state index contributed by atoms with van der Waals surface area (Å²) in [5, 5.41) is 6.08. The van der Waals surface area contributed by atoms with Gasteiger partial charge in [-0.3, -0.25) is 5.32 Å². The number of hydrazine groups is 1. The Hall–Kier alpha value is -2.52. The van der Waals surface area contributed by atoms with Crippen LogP contribution >= 0.6 is 15.9 Å². The van der Waals surface area contributed by atoms with Gasteiger partial charge in [0.05, 0.1) is 37.2 Å². The Morgan fingerprint density at radius 3 is 2.88 bits per heavy atom. The lowest BCUT2D eigenvalue weighted by Gasteiger charge is -2.36. The Kier molecular flexibility index (Phi) is 6.10. The van der Waals surface area contributed by atoms with Crippen LogP contribution in [0.25, 0.3) is 11.8 Å². The maximum Gasteiger partial charge on any atom is 0.238 e. The fourth-order valence-electron chi connectivity index (χ4n) is 4.58. The molecule has 3 aromatic rings. The van der Waals surface area contributed by atoms with Crippen LogP contribution in [-0.2, 0) is 0 Å². The van der Waals surface area contributed by atoms with E-state index in [0.717, 1.165) is 23.6 Å². The molecule has 2 aliphatic rings. The third-order valence-corrected chi connectivity index (χ3v) is 6.82. The predicted octanol–water partition coefficient (Wildman–Crippen LogP) is 4.00. The Bertz CT molecular complexity index is 1130. The number of halogens is 1. The normalized spacial score (nSPS) is 23.5. The van der Waals surface area contributed by atoms with Crippen LogP contribution in [0.15, 0.2) is 59.5 Å². The largest absolute Gasteiger partial charge is 0.479 e. The van der Waals surface area contributed by atoms with Crippen LogP contribution in [0, 0.1) is 6.92 Å². The van der Waals surface area contributed by atoms with E-state index in [1.165, 1.54) is 22.9 Å². The molecular formula is C24H27BrN6O. The number of imidazole rings is 1. The number of benzene rings is 1. The molecule has 0 bridgehead atoms. The number of ether oxygens (including phenoxy) is 1. The second-order valence-corrected chi connectivity index (χ2v) is 9.08. The molecule has 0 radical (unpaired) electrons. The van der Waals surface area contributed by atoms with Crippen molar-refractivity contribution < 1.29 is 4.74 Å². The van der Waals surface area contributed by atoms with Gasteiger partial charge < -0.3 is 9.30 Å². The van der Waals surface area contributed by atoms with Crippen molar-refractivity contribution in [2.45, 2.75) is 38.0 Å². The maximum atomic E-state index is 5.54. The van der Waals surface area contributed by atoms with Crippen LogP contribution in [0.1, 0.15) is 35.7 Å². The van der Waals surface area contributed by atoms with Gasteiger partial charge in [-0.15, -0.1) is 0 Å². The van der Waals surface area contributed by atoms with E-state index >= 15 is 0 Å². The van der Waals surface area contributed by atoms with Gasteiger partial charge in [-0.2, -0.15) is 0 Å². The SMILES string of the molecule is COc1nc(C=CC2NC3[C@H](c4ccccc4Br)CCCN3N2)ccc1-n1cnc(C)c1. The van der Waals surface area contributed by atoms with Crippen molar-refractivity contribution >= 4 is 22.0 Å². The van der Waals surface area contributed by atoms with E-state index in [2.05, 4.69) is 72.0 Å². The van der Waals surface area contributed by atoms with Crippen LogP contribution in [0.3, 0.4) is 0 Å². The molecule has 166 valence electrons. The van der Waals surface area contributed by atoms with E-state index in [1.807, 2.05) is 35.9 Å². The first-order valence-electron chi connectivity index (χ1n) is 10.9. The van der Waals surface area contributed by atoms with Crippen LogP contribution in [0.2, 0.25) is 0 Å². The molecule has 8 heteroatoms. The molecular weight excluding hydrogens is 468 g/mol. The monoisotopic (exact) mass is 494 g/mol. The number of nitrogens with zero attached hydrogens (tertiary/aromatic N) is 4. The smallest absolute Gasteiger partial charge is 0.238 e. The average molecular weight is 495 g/mol. The Balaban J connectivity index is 1.32. The fourth-order valence-corrected chi connectivity index (χ4v) is 5.16. The minimum absolute atomic E-state index is 0.0480. The summed E-state index contributed by atoms with van der Waals surface area (Å²) in [5.41, 5.74) is 7.63. The fraction of sp³-hybridized carbons (Fsp3) is 0.333. The zero-order valence-electron chi connectivity index (χ0n) is 18.2. The molecule has 1 aromatic carbocycles. The number of fused-ring (bicyclic) bond motifs is 1. The Morgan fingerprint density at radius 1 is 1.22 bits per heavy atom. The third kappa shape index (κ3) is 4.23. The number of piperidine rings is 1. The summed E-state index contributed by atoms with van der Waals surface area (Å²) in [4.78, 5) is 8.96. The summed E-state index contributed by atoms with van der Waals surface area (Å²) in [6.45, 7) is 3.00. The van der Waals surface area contributed by atoms with E-state index in [4.69, 9.17) is 4.74 Å². The molecule has 0 amide bonds. The summed E-state index contributed by atoms with van der Waals surface area (Å²) in [6, 6.07) is 12.5. The first-order chi connectivity index (χ1) is 15.6. The van der Waals surface area contributed by atoms with Gasteiger partial charge in [-0.25, -0.2) is 20.4 Å². The molecule has 2 saturated heterocycles. The van der Waals surface area contributed by atoms with E-state index < -0.39 is 0 Å². The highest BCUT2D eigenvalue weighted by Gasteiger charge is 2.39. The lowest BCUT2D eigenvalue weighted by atomic mass is 9.88. The molecule has 3 atom stereocenters. The summed E-state index contributed by atoms with van der Waals surface area (Å²) in [7, 11) is 1.64. The van der Waals surface area contributed by atoms with Gasteiger partial charge in [0.2, 0.25) is 5.88 Å². The minimum atomic E-state index is 0.0480. The second-order valence-electron chi connectivity index (χ2n) is 8.23. The van der Waals surface area contributed by atoms with Crippen LogP contribution in [0.4, 0.5) is 0 Å². The first kappa shape index (κ1) is 21.3. The van der Waals surface area contributed by atoms with Gasteiger partial charge in [0.1, 0.15) is 5.69 Å². The third-order valence-electron chi connectivity index (χ3n) is 6.10. The van der Waals surface area contributed by atoms with Gasteiger partial charge in [-0.05, 0) is 55.7 Å². The molecule has 4 heterocycles. The first-order valence-corrected chi connectivity index (χ1v) is 11.7. The topological polar surface area (TPSA) is 67.2 Å². The summed E-state index contributed by atoms with van der Waals surface area (Å²) in [5.74, 6) is 1.00. The highest BCUT2D eigenvalue weighted by molar-refractivity contribution is 9.10. The number of aryl methyl sites for hydroxylation is 1. The standard InChI is InChI=1S/C24H27BrN6O/c1-16-14-30(15-26-16)21-11-9-17(27-24(21)32-2)10-12-22-28-23-19(7-5-13-31(23)29-22)18-6-3-4-8-20(18)25/h3-4,6,8-12,14-15,19,22-23,28-29H,5,7,13H2,1-2H3/t19-,22?,23?/m0/s1. The van der Waals surface area contributed by atoms with Crippen molar-refractivity contribution in [1.29, 1.82) is 0 Å². The van der Waals surface area contributed by atoms with Crippen LogP contribution in [-0.4, -0.2) is 45.5 Å². The van der Waals surface area contributed by atoms with Crippen LogP contribution < -0.4 is 15.5 Å². The molecule has 2 aliphatic heterocycles. The van der Waals surface area contributed by atoms with Crippen molar-refractivity contribution in [2.24, 2.45) is 0 Å². The number of hydrogen-bond donors (Lipinski definition) is 2. The average Bonchev–Trinajstić information content (AvgIpc) is 3.43. The number of methoxy groups -OCH3 is 1. The van der Waals surface area contributed by atoms with Gasteiger partial charge >= 0.3 is 0 Å². The lowest BCUT2D eigenvalue weighted by molar-refractivity contribution is 0.114. The van der Waals surface area contributed by atoms with Crippen LogP contribution in [0.5, 0.6) is 5.88 Å². The van der Waals surface area contributed by atoms with Crippen molar-refractivity contribution in [2.75, 3.05) is 13.7 Å². The molecule has 2 aromatic heterocycles. The number of pyridine rings is 1. The Labute approximate surface area is 196 Å². The van der Waals surface area contributed by atoms with E-state index in [0.29, 0.717) is 11.8 Å². The highest BCUT2D eigenvalue weighted by atomic mass is 79.9. The molecule has 2 N–H and O–H groups in total. The summed E-state index contributed by atoms with van der Waals surface area (Å²) >= 11 is 3.74. The van der Waals surface area contributed by atoms with E-state index in [-0.39, 0.29) is 12.3 Å². The minimum Gasteiger partial charge on any atom is -0.479 e. The maximum absolute atomic E-state index is 5.54. The second kappa shape index (κ2) is 9.15. The number of aromatic nitrogens is 3. The predicted molar refractivity (Wildman–Crippen MR) is 128 cm³/mol. The molecule has 7 nitrogen and oxygen atoms in total. The lowest BCUT2D eigenvalue weighted by Crippen LogP contribution is -2.47. The zero-order valence-corrected chi connectivity index (χ0v) is 19.8. The molecule has 32 heavy (non-hydrogen) atoms. The molecule has 5 rings (SSSR count). The zero-order chi connectivity index (χ0) is 22.1. The van der Waals surface area contributed by atoms with E-state index in [1.54, 1.807) is 13.4 Å². The number of rotatable bonds is 5. The highest BCUT2D eigenvalue weighted by Crippen LogP contribution is 2.36.